The van der Waals surface area contributed by atoms with Crippen molar-refractivity contribution >= 4 is 34.0 Å². The third-order valence-corrected chi connectivity index (χ3v) is 6.52. The third-order valence-electron chi connectivity index (χ3n) is 4.85. The Morgan fingerprint density at radius 2 is 1.93 bits per heavy atom. The lowest BCUT2D eigenvalue weighted by atomic mass is 10.2. The van der Waals surface area contributed by atoms with Crippen LogP contribution in [0.3, 0.4) is 0 Å². The number of aromatic nitrogens is 3. The maximum Gasteiger partial charge on any atom is 0.205 e. The Kier molecular flexibility index (Phi) is 6.36. The van der Waals surface area contributed by atoms with Gasteiger partial charge in [0.2, 0.25) is 5.13 Å². The number of hydrogen-bond donors (Lipinski definition) is 1. The van der Waals surface area contributed by atoms with Crippen molar-refractivity contribution in [2.45, 2.75) is 19.9 Å². The quantitative estimate of drug-likeness (QED) is 0.498. The van der Waals surface area contributed by atoms with Gasteiger partial charge in [0.15, 0.2) is 5.96 Å². The molecule has 0 bridgehead atoms. The van der Waals surface area contributed by atoms with Gasteiger partial charge < -0.3 is 15.1 Å². The summed E-state index contributed by atoms with van der Waals surface area (Å²) in [4.78, 5) is 18.4. The number of aliphatic imine (C=N–C) groups is 1. The van der Waals surface area contributed by atoms with Gasteiger partial charge in [0.05, 0.1) is 12.2 Å². The fourth-order valence-corrected chi connectivity index (χ4v) is 4.79. The highest BCUT2D eigenvalue weighted by molar-refractivity contribution is 7.10. The van der Waals surface area contributed by atoms with Gasteiger partial charge in [0, 0.05) is 62.1 Å². The van der Waals surface area contributed by atoms with Crippen molar-refractivity contribution < 1.29 is 0 Å². The number of guanidine groups is 1. The van der Waals surface area contributed by atoms with E-state index in [2.05, 4.69) is 53.9 Å². The molecule has 0 saturated carbocycles. The van der Waals surface area contributed by atoms with Gasteiger partial charge in [-0.1, -0.05) is 37.3 Å². The van der Waals surface area contributed by atoms with Crippen LogP contribution in [-0.4, -0.2) is 58.4 Å². The molecule has 0 radical (unpaired) electrons. The van der Waals surface area contributed by atoms with Gasteiger partial charge in [-0.2, -0.15) is 4.37 Å². The molecule has 0 aliphatic carbocycles. The van der Waals surface area contributed by atoms with Crippen LogP contribution in [0.4, 0.5) is 5.13 Å². The van der Waals surface area contributed by atoms with Crippen molar-refractivity contribution in [3.8, 4) is 11.3 Å². The molecule has 3 aromatic rings. The Morgan fingerprint density at radius 3 is 2.62 bits per heavy atom. The van der Waals surface area contributed by atoms with Gasteiger partial charge in [-0.3, -0.25) is 4.99 Å². The molecule has 0 spiro atoms. The highest BCUT2D eigenvalue weighted by Gasteiger charge is 2.22. The fourth-order valence-electron chi connectivity index (χ4n) is 3.25. The summed E-state index contributed by atoms with van der Waals surface area (Å²) in [7, 11) is 1.84. The average molecular weight is 428 g/mol. The van der Waals surface area contributed by atoms with E-state index >= 15 is 0 Å². The standard InChI is InChI=1S/C20H25N7S2/c1-3-17-24-20(29-25-17)27-11-9-26(10-12-27)19(21-2)22-13-18-23-16(14-28-18)15-7-5-4-6-8-15/h4-8,14H,3,9-13H2,1-2H3,(H,21,22). The van der Waals surface area contributed by atoms with Gasteiger partial charge in [-0.05, 0) is 0 Å². The first-order valence-corrected chi connectivity index (χ1v) is 11.4. The second-order valence-corrected chi connectivity index (χ2v) is 8.39. The van der Waals surface area contributed by atoms with Crippen molar-refractivity contribution in [2.75, 3.05) is 38.1 Å². The minimum absolute atomic E-state index is 0.681. The van der Waals surface area contributed by atoms with E-state index in [1.165, 1.54) is 11.5 Å². The van der Waals surface area contributed by atoms with E-state index in [1.54, 1.807) is 11.3 Å². The molecule has 1 aliphatic heterocycles. The number of nitrogens with one attached hydrogen (secondary N) is 1. The molecule has 7 nitrogen and oxygen atoms in total. The number of rotatable bonds is 5. The minimum atomic E-state index is 0.681. The van der Waals surface area contributed by atoms with Crippen molar-refractivity contribution in [3.05, 3.63) is 46.5 Å². The Hall–Kier alpha value is -2.52. The number of anilines is 1. The first-order chi connectivity index (χ1) is 14.3. The van der Waals surface area contributed by atoms with Gasteiger partial charge in [-0.15, -0.1) is 11.3 Å². The molecule has 9 heteroatoms. The number of nitrogens with zero attached hydrogens (tertiary/aromatic N) is 6. The van der Waals surface area contributed by atoms with Crippen LogP contribution in [0.5, 0.6) is 0 Å². The first kappa shape index (κ1) is 19.8. The minimum Gasteiger partial charge on any atom is -0.350 e. The van der Waals surface area contributed by atoms with Crippen LogP contribution in [0.25, 0.3) is 11.3 Å². The summed E-state index contributed by atoms with van der Waals surface area (Å²) in [6, 6.07) is 10.3. The smallest absolute Gasteiger partial charge is 0.205 e. The fraction of sp³-hybridized carbons (Fsp3) is 0.400. The Labute approximate surface area is 179 Å². The van der Waals surface area contributed by atoms with E-state index < -0.39 is 0 Å². The molecule has 2 aromatic heterocycles. The van der Waals surface area contributed by atoms with E-state index in [0.717, 1.165) is 65.8 Å². The number of piperazine rings is 1. The van der Waals surface area contributed by atoms with E-state index in [1.807, 2.05) is 25.2 Å². The third kappa shape index (κ3) is 4.73. The maximum absolute atomic E-state index is 4.75. The highest BCUT2D eigenvalue weighted by Crippen LogP contribution is 2.22. The predicted octanol–water partition coefficient (Wildman–Crippen LogP) is 3.12. The normalized spacial score (nSPS) is 15.0. The number of aryl methyl sites for hydroxylation is 1. The number of benzene rings is 1. The number of hydrogen-bond acceptors (Lipinski definition) is 7. The summed E-state index contributed by atoms with van der Waals surface area (Å²) in [6.07, 6.45) is 0.885. The molecule has 0 atom stereocenters. The van der Waals surface area contributed by atoms with Crippen LogP contribution in [0, 0.1) is 0 Å². The second kappa shape index (κ2) is 9.32. The van der Waals surface area contributed by atoms with Crippen LogP contribution in [0.2, 0.25) is 0 Å². The molecule has 1 N–H and O–H groups in total. The summed E-state index contributed by atoms with van der Waals surface area (Å²) < 4.78 is 4.40. The van der Waals surface area contributed by atoms with Crippen LogP contribution < -0.4 is 10.2 Å². The zero-order valence-electron chi connectivity index (χ0n) is 16.7. The summed E-state index contributed by atoms with van der Waals surface area (Å²) in [5, 5.41) is 7.67. The van der Waals surface area contributed by atoms with Crippen molar-refractivity contribution in [3.63, 3.8) is 0 Å². The largest absolute Gasteiger partial charge is 0.350 e. The highest BCUT2D eigenvalue weighted by atomic mass is 32.1. The lowest BCUT2D eigenvalue weighted by molar-refractivity contribution is 0.372. The lowest BCUT2D eigenvalue weighted by Crippen LogP contribution is -2.52. The van der Waals surface area contributed by atoms with Crippen LogP contribution >= 0.6 is 22.9 Å². The zero-order valence-corrected chi connectivity index (χ0v) is 18.3. The molecule has 0 unspecified atom stereocenters. The molecule has 4 rings (SSSR count). The molecular formula is C20H25N7S2. The summed E-state index contributed by atoms with van der Waals surface area (Å²) >= 11 is 3.17. The lowest BCUT2D eigenvalue weighted by Gasteiger charge is -2.36. The van der Waals surface area contributed by atoms with E-state index in [9.17, 15) is 0 Å². The monoisotopic (exact) mass is 427 g/mol. The van der Waals surface area contributed by atoms with E-state index in [0.29, 0.717) is 6.54 Å². The van der Waals surface area contributed by atoms with Gasteiger partial charge in [0.25, 0.3) is 0 Å². The van der Waals surface area contributed by atoms with E-state index in [4.69, 9.17) is 4.98 Å². The summed E-state index contributed by atoms with van der Waals surface area (Å²) in [5.74, 6) is 1.86. The topological polar surface area (TPSA) is 69.5 Å². The van der Waals surface area contributed by atoms with Gasteiger partial charge in [-0.25, -0.2) is 9.97 Å². The molecule has 1 aliphatic rings. The second-order valence-electron chi connectivity index (χ2n) is 6.71. The summed E-state index contributed by atoms with van der Waals surface area (Å²) in [5.41, 5.74) is 2.18. The van der Waals surface area contributed by atoms with Crippen molar-refractivity contribution in [1.82, 2.24) is 24.6 Å². The average Bonchev–Trinajstić information content (AvgIpc) is 3.45. The Balaban J connectivity index is 1.31. The molecule has 152 valence electrons. The molecule has 0 amide bonds. The Bertz CT molecular complexity index is 943. The SMILES string of the molecule is CCc1nsc(N2CCN(C(=NC)NCc3nc(-c4ccccc4)cs3)CC2)n1. The van der Waals surface area contributed by atoms with Crippen LogP contribution in [0.15, 0.2) is 40.7 Å². The molecule has 1 aromatic carbocycles. The zero-order chi connectivity index (χ0) is 20.1. The number of thiazole rings is 1. The molecule has 3 heterocycles. The van der Waals surface area contributed by atoms with Gasteiger partial charge in [0.1, 0.15) is 10.8 Å². The molecule has 1 fully saturated rings. The van der Waals surface area contributed by atoms with Crippen molar-refractivity contribution in [1.29, 1.82) is 0 Å². The molecule has 29 heavy (non-hydrogen) atoms. The van der Waals surface area contributed by atoms with E-state index in [-0.39, 0.29) is 0 Å². The van der Waals surface area contributed by atoms with Crippen LogP contribution in [-0.2, 0) is 13.0 Å². The maximum atomic E-state index is 4.75. The predicted molar refractivity (Wildman–Crippen MR) is 121 cm³/mol. The molecular weight excluding hydrogens is 402 g/mol. The van der Waals surface area contributed by atoms with Crippen molar-refractivity contribution in [2.24, 2.45) is 4.99 Å². The summed E-state index contributed by atoms with van der Waals surface area (Å²) in [6.45, 7) is 6.44. The molecule has 1 saturated heterocycles. The van der Waals surface area contributed by atoms with Crippen LogP contribution in [0.1, 0.15) is 17.8 Å². The first-order valence-electron chi connectivity index (χ1n) is 9.79. The Morgan fingerprint density at radius 1 is 1.14 bits per heavy atom. The van der Waals surface area contributed by atoms with Gasteiger partial charge >= 0.3 is 0 Å².